The number of aryl methyl sites for hydroxylation is 1. The van der Waals surface area contributed by atoms with Gasteiger partial charge in [0, 0.05) is 6.42 Å². The first kappa shape index (κ1) is 18.4. The molecule has 1 unspecified atom stereocenters. The Kier molecular flexibility index (Phi) is 5.54. The van der Waals surface area contributed by atoms with Crippen LogP contribution in [0.5, 0.6) is 0 Å². The van der Waals surface area contributed by atoms with E-state index < -0.39 is 12.0 Å². The number of rotatable bonds is 5. The second kappa shape index (κ2) is 7.85. The van der Waals surface area contributed by atoms with E-state index in [0.717, 1.165) is 28.5 Å². The highest BCUT2D eigenvalue weighted by molar-refractivity contribution is 8.26. The molecule has 0 spiro atoms. The maximum atomic E-state index is 12.9. The summed E-state index contributed by atoms with van der Waals surface area (Å²) in [5.41, 5.74) is 2.80. The van der Waals surface area contributed by atoms with Crippen molar-refractivity contribution in [1.82, 2.24) is 4.90 Å². The number of hydrogen-bond donors (Lipinski definition) is 1. The van der Waals surface area contributed by atoms with Gasteiger partial charge in [-0.25, -0.2) is 4.79 Å². The average molecular weight is 383 g/mol. The Balaban J connectivity index is 1.89. The minimum Gasteiger partial charge on any atom is -0.480 e. The molecule has 1 aliphatic rings. The molecular formula is C20H17NO3S2. The predicted molar refractivity (Wildman–Crippen MR) is 108 cm³/mol. The number of nitrogens with zero attached hydrogens (tertiary/aromatic N) is 1. The zero-order valence-electron chi connectivity index (χ0n) is 14.1. The quantitative estimate of drug-likeness (QED) is 0.627. The van der Waals surface area contributed by atoms with Crippen LogP contribution in [-0.4, -0.2) is 32.2 Å². The minimum atomic E-state index is -1.07. The summed E-state index contributed by atoms with van der Waals surface area (Å²) >= 11 is 6.47. The standard InChI is InChI=1S/C20H17NO3S2/c1-13-7-5-6-10-15(13)12-17-18(22)21(20(25)26-17)16(19(23)24)11-14-8-3-2-4-9-14/h2-10,12,16H,11H2,1H3,(H,23,24). The lowest BCUT2D eigenvalue weighted by Crippen LogP contribution is -2.45. The lowest BCUT2D eigenvalue weighted by atomic mass is 10.0. The topological polar surface area (TPSA) is 57.6 Å². The van der Waals surface area contributed by atoms with Crippen molar-refractivity contribution in [3.8, 4) is 0 Å². The summed E-state index contributed by atoms with van der Waals surface area (Å²) in [4.78, 5) is 26.3. The van der Waals surface area contributed by atoms with Crippen LogP contribution in [0.3, 0.4) is 0 Å². The van der Waals surface area contributed by atoms with Crippen LogP contribution >= 0.6 is 24.0 Å². The number of carbonyl (C=O) groups excluding carboxylic acids is 1. The highest BCUT2D eigenvalue weighted by Crippen LogP contribution is 2.35. The van der Waals surface area contributed by atoms with Crippen molar-refractivity contribution in [1.29, 1.82) is 0 Å². The van der Waals surface area contributed by atoms with Gasteiger partial charge in [-0.15, -0.1) is 0 Å². The number of aliphatic carboxylic acids is 1. The summed E-state index contributed by atoms with van der Waals surface area (Å²) < 4.78 is 0.276. The summed E-state index contributed by atoms with van der Waals surface area (Å²) in [5.74, 6) is -1.42. The molecule has 4 nitrogen and oxygen atoms in total. The molecule has 0 saturated carbocycles. The molecule has 1 saturated heterocycles. The maximum Gasteiger partial charge on any atom is 0.327 e. The molecule has 0 aliphatic carbocycles. The highest BCUT2D eigenvalue weighted by atomic mass is 32.2. The van der Waals surface area contributed by atoms with E-state index in [9.17, 15) is 14.7 Å². The van der Waals surface area contributed by atoms with Gasteiger partial charge in [0.05, 0.1) is 4.91 Å². The third-order valence-electron chi connectivity index (χ3n) is 4.17. The molecule has 1 fully saturated rings. The van der Waals surface area contributed by atoms with Crippen LogP contribution in [-0.2, 0) is 16.0 Å². The first-order valence-electron chi connectivity index (χ1n) is 8.07. The van der Waals surface area contributed by atoms with E-state index in [1.54, 1.807) is 6.08 Å². The number of thiocarbonyl (C=S) groups is 1. The van der Waals surface area contributed by atoms with Crippen molar-refractivity contribution >= 4 is 46.3 Å². The van der Waals surface area contributed by atoms with E-state index in [1.165, 1.54) is 4.90 Å². The molecule has 1 N–H and O–H groups in total. The molecule has 26 heavy (non-hydrogen) atoms. The van der Waals surface area contributed by atoms with E-state index in [4.69, 9.17) is 12.2 Å². The van der Waals surface area contributed by atoms with Crippen LogP contribution in [0.1, 0.15) is 16.7 Å². The zero-order valence-corrected chi connectivity index (χ0v) is 15.7. The number of carboxylic acid groups (broad SMARTS) is 1. The van der Waals surface area contributed by atoms with Gasteiger partial charge in [-0.3, -0.25) is 9.69 Å². The molecule has 0 bridgehead atoms. The molecule has 2 aromatic rings. The SMILES string of the molecule is Cc1ccccc1C=C1SC(=S)N(C(Cc2ccccc2)C(=O)O)C1=O. The number of carbonyl (C=O) groups is 2. The molecule has 1 atom stereocenters. The van der Waals surface area contributed by atoms with Crippen molar-refractivity contribution in [2.75, 3.05) is 0 Å². The highest BCUT2D eigenvalue weighted by Gasteiger charge is 2.40. The Labute approximate surface area is 161 Å². The molecule has 132 valence electrons. The van der Waals surface area contributed by atoms with Crippen LogP contribution in [0.15, 0.2) is 59.5 Å². The van der Waals surface area contributed by atoms with Crippen molar-refractivity contribution < 1.29 is 14.7 Å². The van der Waals surface area contributed by atoms with Gasteiger partial charge >= 0.3 is 5.97 Å². The zero-order chi connectivity index (χ0) is 18.7. The fourth-order valence-corrected chi connectivity index (χ4v) is 4.11. The van der Waals surface area contributed by atoms with E-state index in [-0.39, 0.29) is 16.6 Å². The molecule has 6 heteroatoms. The van der Waals surface area contributed by atoms with E-state index >= 15 is 0 Å². The predicted octanol–water partition coefficient (Wildman–Crippen LogP) is 3.89. The van der Waals surface area contributed by atoms with Gasteiger partial charge in [0.25, 0.3) is 5.91 Å². The van der Waals surface area contributed by atoms with Crippen LogP contribution in [0.2, 0.25) is 0 Å². The molecule has 1 amide bonds. The fraction of sp³-hybridized carbons (Fsp3) is 0.150. The summed E-state index contributed by atoms with van der Waals surface area (Å²) in [5, 5.41) is 9.67. The average Bonchev–Trinajstić information content (AvgIpc) is 2.89. The Morgan fingerprint density at radius 3 is 2.50 bits per heavy atom. The number of benzene rings is 2. The smallest absolute Gasteiger partial charge is 0.327 e. The van der Waals surface area contributed by atoms with Gasteiger partial charge in [-0.1, -0.05) is 78.6 Å². The summed E-state index contributed by atoms with van der Waals surface area (Å²) in [6.07, 6.45) is 1.98. The van der Waals surface area contributed by atoms with Crippen LogP contribution in [0.4, 0.5) is 0 Å². The Bertz CT molecular complexity index is 893. The summed E-state index contributed by atoms with van der Waals surface area (Å²) in [6, 6.07) is 15.9. The van der Waals surface area contributed by atoms with E-state index in [1.807, 2.05) is 61.5 Å². The van der Waals surface area contributed by atoms with Gasteiger partial charge in [0.15, 0.2) is 0 Å². The van der Waals surface area contributed by atoms with Crippen LogP contribution in [0, 0.1) is 6.92 Å². The van der Waals surface area contributed by atoms with Gasteiger partial charge < -0.3 is 5.11 Å². The van der Waals surface area contributed by atoms with Gasteiger partial charge in [0.1, 0.15) is 10.4 Å². The Hall–Kier alpha value is -2.44. The number of amides is 1. The van der Waals surface area contributed by atoms with Crippen molar-refractivity contribution in [2.45, 2.75) is 19.4 Å². The van der Waals surface area contributed by atoms with E-state index in [2.05, 4.69) is 0 Å². The number of hydrogen-bond acceptors (Lipinski definition) is 4. The number of thioether (sulfide) groups is 1. The summed E-state index contributed by atoms with van der Waals surface area (Å²) in [6.45, 7) is 1.96. The number of carboxylic acids is 1. The first-order valence-corrected chi connectivity index (χ1v) is 9.29. The monoisotopic (exact) mass is 383 g/mol. The van der Waals surface area contributed by atoms with Crippen molar-refractivity contribution in [3.63, 3.8) is 0 Å². The van der Waals surface area contributed by atoms with Crippen molar-refractivity contribution in [2.24, 2.45) is 0 Å². The van der Waals surface area contributed by atoms with Crippen LogP contribution in [0.25, 0.3) is 6.08 Å². The van der Waals surface area contributed by atoms with Gasteiger partial charge in [0.2, 0.25) is 0 Å². The fourth-order valence-electron chi connectivity index (χ4n) is 2.76. The Morgan fingerprint density at radius 2 is 1.85 bits per heavy atom. The lowest BCUT2D eigenvalue weighted by molar-refractivity contribution is -0.145. The molecule has 3 rings (SSSR count). The van der Waals surface area contributed by atoms with Gasteiger partial charge in [-0.2, -0.15) is 0 Å². The second-order valence-electron chi connectivity index (χ2n) is 5.95. The molecule has 1 aliphatic heterocycles. The van der Waals surface area contributed by atoms with E-state index in [0.29, 0.717) is 4.91 Å². The third-order valence-corrected chi connectivity index (χ3v) is 5.50. The third kappa shape index (κ3) is 3.86. The lowest BCUT2D eigenvalue weighted by Gasteiger charge is -2.23. The van der Waals surface area contributed by atoms with Crippen molar-refractivity contribution in [3.05, 3.63) is 76.2 Å². The first-order chi connectivity index (χ1) is 12.5. The molecular weight excluding hydrogens is 366 g/mol. The van der Waals surface area contributed by atoms with Gasteiger partial charge in [-0.05, 0) is 29.7 Å². The van der Waals surface area contributed by atoms with Crippen LogP contribution < -0.4 is 0 Å². The molecule has 0 aromatic heterocycles. The second-order valence-corrected chi connectivity index (χ2v) is 7.63. The Morgan fingerprint density at radius 1 is 1.19 bits per heavy atom. The molecule has 1 heterocycles. The normalized spacial score (nSPS) is 17.0. The molecule has 2 aromatic carbocycles. The summed E-state index contributed by atoms with van der Waals surface area (Å²) in [7, 11) is 0. The minimum absolute atomic E-state index is 0.209. The molecule has 0 radical (unpaired) electrons. The largest absolute Gasteiger partial charge is 0.480 e. The maximum absolute atomic E-state index is 12.9.